The first-order valence-corrected chi connectivity index (χ1v) is 11.2. The van der Waals surface area contributed by atoms with Crippen LogP contribution in [0.3, 0.4) is 0 Å². The van der Waals surface area contributed by atoms with Gasteiger partial charge in [-0.05, 0) is 23.1 Å². The second-order valence-corrected chi connectivity index (χ2v) is 10.0. The molecule has 0 amide bonds. The number of nitrogens with zero attached hydrogens (tertiary/aromatic N) is 2. The van der Waals surface area contributed by atoms with Crippen LogP contribution in [-0.4, -0.2) is 25.7 Å². The Kier molecular flexibility index (Phi) is 6.43. The molecule has 0 saturated heterocycles. The van der Waals surface area contributed by atoms with Crippen molar-refractivity contribution in [2.24, 2.45) is 0 Å². The van der Waals surface area contributed by atoms with Gasteiger partial charge in [-0.2, -0.15) is 4.98 Å². The molecule has 0 spiro atoms. The first-order valence-electron chi connectivity index (χ1n) is 8.98. The maximum absolute atomic E-state index is 12.6. The summed E-state index contributed by atoms with van der Waals surface area (Å²) in [4.78, 5) is 4.08. The maximum atomic E-state index is 12.6. The number of hydrogen-bond donors (Lipinski definition) is 1. The number of aromatic nitrogens is 2. The smallest absolute Gasteiger partial charge is 0.242 e. The van der Waals surface area contributed by atoms with Crippen LogP contribution in [0.15, 0.2) is 45.8 Å². The van der Waals surface area contributed by atoms with Crippen molar-refractivity contribution in [2.45, 2.75) is 37.6 Å². The zero-order valence-corrected chi connectivity index (χ0v) is 19.2. The van der Waals surface area contributed by atoms with Gasteiger partial charge in [-0.1, -0.05) is 73.4 Å². The molecule has 0 unspecified atom stereocenters. The van der Waals surface area contributed by atoms with Crippen molar-refractivity contribution in [3.05, 3.63) is 57.9 Å². The topological polar surface area (TPSA) is 94.3 Å². The molecule has 3 aromatic rings. The summed E-state index contributed by atoms with van der Waals surface area (Å²) in [5.41, 5.74) is 1.98. The van der Waals surface area contributed by atoms with Gasteiger partial charge in [-0.25, -0.2) is 13.1 Å². The summed E-state index contributed by atoms with van der Waals surface area (Å²) < 4.78 is 37.8. The van der Waals surface area contributed by atoms with Crippen LogP contribution in [0.1, 0.15) is 32.2 Å². The first-order chi connectivity index (χ1) is 14.0. The van der Waals surface area contributed by atoms with Crippen molar-refractivity contribution >= 4 is 33.2 Å². The van der Waals surface area contributed by atoms with Gasteiger partial charge in [0.25, 0.3) is 0 Å². The van der Waals surface area contributed by atoms with E-state index in [1.807, 2.05) is 24.3 Å². The van der Waals surface area contributed by atoms with Crippen LogP contribution in [0.4, 0.5) is 0 Å². The summed E-state index contributed by atoms with van der Waals surface area (Å²) in [6, 6.07) is 10.5. The molecule has 1 aromatic heterocycles. The van der Waals surface area contributed by atoms with E-state index < -0.39 is 10.0 Å². The number of nitrogens with one attached hydrogen (secondary N) is 1. The molecule has 0 radical (unpaired) electrons. The summed E-state index contributed by atoms with van der Waals surface area (Å²) in [6.07, 6.45) is 0. The SMILES string of the molecule is COc1ccc(S(=O)(=O)NCc2nc(-c3ccc(C(C)(C)C)cc3)no2)c(Cl)c1Cl. The van der Waals surface area contributed by atoms with Crippen molar-refractivity contribution in [3.63, 3.8) is 0 Å². The molecule has 0 bridgehead atoms. The van der Waals surface area contributed by atoms with Crippen molar-refractivity contribution in [3.8, 4) is 17.1 Å². The van der Waals surface area contributed by atoms with E-state index in [2.05, 4.69) is 35.6 Å². The molecule has 0 aliphatic rings. The number of ether oxygens (including phenoxy) is 1. The van der Waals surface area contributed by atoms with E-state index in [0.29, 0.717) is 5.82 Å². The van der Waals surface area contributed by atoms with Crippen LogP contribution >= 0.6 is 23.2 Å². The largest absolute Gasteiger partial charge is 0.495 e. The lowest BCUT2D eigenvalue weighted by Gasteiger charge is -2.18. The fourth-order valence-corrected chi connectivity index (χ4v) is 4.49. The number of methoxy groups -OCH3 is 1. The van der Waals surface area contributed by atoms with Crippen LogP contribution in [0.2, 0.25) is 10.0 Å². The number of sulfonamides is 1. The number of rotatable bonds is 6. The van der Waals surface area contributed by atoms with E-state index in [4.69, 9.17) is 32.5 Å². The molecule has 1 heterocycles. The van der Waals surface area contributed by atoms with Crippen molar-refractivity contribution in [2.75, 3.05) is 7.11 Å². The minimum atomic E-state index is -3.96. The molecule has 3 rings (SSSR count). The van der Waals surface area contributed by atoms with Gasteiger partial charge in [0.2, 0.25) is 21.7 Å². The molecule has 2 aromatic carbocycles. The minimum absolute atomic E-state index is 0.0146. The summed E-state index contributed by atoms with van der Waals surface area (Å²) in [5.74, 6) is 0.763. The van der Waals surface area contributed by atoms with Gasteiger partial charge >= 0.3 is 0 Å². The third-order valence-corrected chi connectivity index (χ3v) is 6.83. The molecule has 0 atom stereocenters. The van der Waals surface area contributed by atoms with E-state index in [1.165, 1.54) is 24.8 Å². The van der Waals surface area contributed by atoms with Crippen LogP contribution in [0.5, 0.6) is 5.75 Å². The van der Waals surface area contributed by atoms with E-state index in [1.54, 1.807) is 0 Å². The van der Waals surface area contributed by atoms with E-state index >= 15 is 0 Å². The molecular formula is C20H21Cl2N3O4S. The average molecular weight is 470 g/mol. The van der Waals surface area contributed by atoms with E-state index in [9.17, 15) is 8.42 Å². The van der Waals surface area contributed by atoms with Gasteiger partial charge < -0.3 is 9.26 Å². The number of halogens is 2. The average Bonchev–Trinajstić information content (AvgIpc) is 3.17. The predicted octanol–water partition coefficient (Wildman–Crippen LogP) is 4.83. The maximum Gasteiger partial charge on any atom is 0.242 e. The quantitative estimate of drug-likeness (QED) is 0.555. The molecule has 0 saturated carbocycles. The second kappa shape index (κ2) is 8.55. The third kappa shape index (κ3) is 4.78. The van der Waals surface area contributed by atoms with Gasteiger partial charge in [-0.3, -0.25) is 0 Å². The van der Waals surface area contributed by atoms with Gasteiger partial charge in [-0.15, -0.1) is 0 Å². The monoisotopic (exact) mass is 469 g/mol. The standard InChI is InChI=1S/C20H21Cl2N3O4S/c1-20(2,3)13-7-5-12(6-8-13)19-24-16(29-25-19)11-23-30(26,27)15-10-9-14(28-4)17(21)18(15)22/h5-10,23H,11H2,1-4H3. The van der Waals surface area contributed by atoms with Crippen molar-refractivity contribution in [1.82, 2.24) is 14.9 Å². The second-order valence-electron chi connectivity index (χ2n) is 7.56. The predicted molar refractivity (Wildman–Crippen MR) is 115 cm³/mol. The third-order valence-electron chi connectivity index (χ3n) is 4.41. The Morgan fingerprint density at radius 2 is 1.73 bits per heavy atom. The van der Waals surface area contributed by atoms with Crippen LogP contribution in [0.25, 0.3) is 11.4 Å². The fourth-order valence-electron chi connectivity index (χ4n) is 2.68. The summed E-state index contributed by atoms with van der Waals surface area (Å²) >= 11 is 12.1. The lowest BCUT2D eigenvalue weighted by molar-refractivity contribution is 0.376. The van der Waals surface area contributed by atoms with Crippen molar-refractivity contribution < 1.29 is 17.7 Å². The Bertz CT molecular complexity index is 1150. The summed E-state index contributed by atoms with van der Waals surface area (Å²) in [7, 11) is -2.55. The van der Waals surface area contributed by atoms with Crippen LogP contribution < -0.4 is 9.46 Å². The fraction of sp³-hybridized carbons (Fsp3) is 0.300. The highest BCUT2D eigenvalue weighted by Gasteiger charge is 2.23. The lowest BCUT2D eigenvalue weighted by Crippen LogP contribution is -2.23. The van der Waals surface area contributed by atoms with Gasteiger partial charge in [0.15, 0.2) is 0 Å². The van der Waals surface area contributed by atoms with Gasteiger partial charge in [0.1, 0.15) is 15.7 Å². The molecule has 0 aliphatic carbocycles. The zero-order chi connectivity index (χ0) is 22.1. The Labute approximate surface area is 185 Å². The molecule has 0 fully saturated rings. The molecule has 7 nitrogen and oxygen atoms in total. The Morgan fingerprint density at radius 3 is 2.33 bits per heavy atom. The van der Waals surface area contributed by atoms with Crippen LogP contribution in [0, 0.1) is 0 Å². The van der Waals surface area contributed by atoms with Crippen molar-refractivity contribution in [1.29, 1.82) is 0 Å². The first kappa shape index (κ1) is 22.6. The molecule has 1 N–H and O–H groups in total. The number of benzene rings is 2. The lowest BCUT2D eigenvalue weighted by atomic mass is 9.87. The Hall–Kier alpha value is -2.13. The Balaban J connectivity index is 1.74. The number of hydrogen-bond acceptors (Lipinski definition) is 6. The highest BCUT2D eigenvalue weighted by Crippen LogP contribution is 2.36. The molecular weight excluding hydrogens is 449 g/mol. The molecule has 0 aliphatic heterocycles. The van der Waals surface area contributed by atoms with Gasteiger partial charge in [0.05, 0.1) is 18.7 Å². The van der Waals surface area contributed by atoms with Crippen LogP contribution in [-0.2, 0) is 22.0 Å². The normalized spacial score (nSPS) is 12.2. The summed E-state index contributed by atoms with van der Waals surface area (Å²) in [5, 5.41) is 3.81. The Morgan fingerprint density at radius 1 is 1.07 bits per heavy atom. The van der Waals surface area contributed by atoms with E-state index in [0.717, 1.165) is 5.56 Å². The minimum Gasteiger partial charge on any atom is -0.495 e. The summed E-state index contributed by atoms with van der Waals surface area (Å²) in [6.45, 7) is 6.18. The molecule has 10 heteroatoms. The highest BCUT2D eigenvalue weighted by molar-refractivity contribution is 7.89. The molecule has 160 valence electrons. The van der Waals surface area contributed by atoms with Gasteiger partial charge in [0, 0.05) is 5.56 Å². The highest BCUT2D eigenvalue weighted by atomic mass is 35.5. The molecule has 30 heavy (non-hydrogen) atoms. The zero-order valence-electron chi connectivity index (χ0n) is 16.9. The van der Waals surface area contributed by atoms with E-state index in [-0.39, 0.29) is 38.5 Å².